The van der Waals surface area contributed by atoms with Crippen molar-refractivity contribution >= 4 is 11.5 Å². The largest absolute Gasteiger partial charge is 0.399 e. The first-order valence-electron chi connectivity index (χ1n) is 5.01. The maximum absolute atomic E-state index is 11.4. The minimum absolute atomic E-state index is 0.00238. The Morgan fingerprint density at radius 1 is 1.31 bits per heavy atom. The lowest BCUT2D eigenvalue weighted by molar-refractivity contribution is 0.101. The molecule has 0 radical (unpaired) electrons. The molecule has 82 valence electrons. The lowest BCUT2D eigenvalue weighted by Crippen LogP contribution is -2.05. The van der Waals surface area contributed by atoms with Gasteiger partial charge in [-0.2, -0.15) is 5.10 Å². The van der Waals surface area contributed by atoms with Gasteiger partial charge in [0.15, 0.2) is 5.78 Å². The van der Waals surface area contributed by atoms with Crippen molar-refractivity contribution in [3.8, 4) is 5.69 Å². The number of aromatic nitrogens is 2. The molecule has 1 aromatic carbocycles. The monoisotopic (exact) mass is 215 g/mol. The van der Waals surface area contributed by atoms with E-state index >= 15 is 0 Å². The Morgan fingerprint density at radius 3 is 2.50 bits per heavy atom. The maximum Gasteiger partial charge on any atom is 0.178 e. The zero-order valence-corrected chi connectivity index (χ0v) is 9.27. The SMILES string of the molecule is CC(=O)c1cc(C)nn1-c1ccc(N)cc1. The minimum atomic E-state index is -0.00238. The number of aryl methyl sites for hydroxylation is 1. The fourth-order valence-corrected chi connectivity index (χ4v) is 1.56. The molecule has 0 aliphatic carbocycles. The summed E-state index contributed by atoms with van der Waals surface area (Å²) in [5.74, 6) is -0.00238. The molecule has 16 heavy (non-hydrogen) atoms. The molecule has 4 nitrogen and oxygen atoms in total. The highest BCUT2D eigenvalue weighted by Gasteiger charge is 2.10. The minimum Gasteiger partial charge on any atom is -0.399 e. The summed E-state index contributed by atoms with van der Waals surface area (Å²) in [7, 11) is 0. The van der Waals surface area contributed by atoms with Crippen LogP contribution in [0.1, 0.15) is 23.1 Å². The van der Waals surface area contributed by atoms with E-state index in [1.54, 1.807) is 22.9 Å². The molecule has 1 aromatic heterocycles. The number of rotatable bonds is 2. The van der Waals surface area contributed by atoms with E-state index in [0.717, 1.165) is 11.4 Å². The van der Waals surface area contributed by atoms with E-state index in [1.165, 1.54) is 6.92 Å². The molecule has 2 rings (SSSR count). The molecule has 0 unspecified atom stereocenters. The van der Waals surface area contributed by atoms with Gasteiger partial charge >= 0.3 is 0 Å². The van der Waals surface area contributed by atoms with Crippen LogP contribution in [0.15, 0.2) is 30.3 Å². The van der Waals surface area contributed by atoms with E-state index in [9.17, 15) is 4.79 Å². The summed E-state index contributed by atoms with van der Waals surface area (Å²) in [6, 6.07) is 9.04. The summed E-state index contributed by atoms with van der Waals surface area (Å²) in [5.41, 5.74) is 8.55. The number of nitrogen functional groups attached to an aromatic ring is 1. The number of nitrogens with zero attached hydrogens (tertiary/aromatic N) is 2. The summed E-state index contributed by atoms with van der Waals surface area (Å²) in [4.78, 5) is 11.4. The van der Waals surface area contributed by atoms with Gasteiger partial charge in [0, 0.05) is 12.6 Å². The lowest BCUT2D eigenvalue weighted by atomic mass is 10.2. The van der Waals surface area contributed by atoms with Crippen LogP contribution >= 0.6 is 0 Å². The molecule has 4 heteroatoms. The number of anilines is 1. The van der Waals surface area contributed by atoms with Gasteiger partial charge in [-0.1, -0.05) is 0 Å². The molecule has 0 spiro atoms. The first kappa shape index (κ1) is 10.4. The number of Topliss-reactive ketones (excluding diaryl/α,β-unsaturated/α-hetero) is 1. The van der Waals surface area contributed by atoms with Crippen LogP contribution in [0.5, 0.6) is 0 Å². The molecule has 2 aromatic rings. The molecule has 0 bridgehead atoms. The van der Waals surface area contributed by atoms with Gasteiger partial charge in [-0.15, -0.1) is 0 Å². The first-order chi connectivity index (χ1) is 7.58. The smallest absolute Gasteiger partial charge is 0.178 e. The molecule has 0 atom stereocenters. The highest BCUT2D eigenvalue weighted by Crippen LogP contribution is 2.14. The lowest BCUT2D eigenvalue weighted by Gasteiger charge is -2.05. The molecule has 0 saturated heterocycles. The standard InChI is InChI=1S/C12H13N3O/c1-8-7-12(9(2)16)15(14-8)11-5-3-10(13)4-6-11/h3-7H,13H2,1-2H3. The summed E-state index contributed by atoms with van der Waals surface area (Å²) in [5, 5.41) is 4.29. The topological polar surface area (TPSA) is 60.9 Å². The fourth-order valence-electron chi connectivity index (χ4n) is 1.56. The van der Waals surface area contributed by atoms with E-state index in [-0.39, 0.29) is 5.78 Å². The summed E-state index contributed by atoms with van der Waals surface area (Å²) >= 11 is 0. The molecule has 0 aliphatic heterocycles. The molecular formula is C12H13N3O. The predicted octanol–water partition coefficient (Wildman–Crippen LogP) is 1.97. The molecule has 0 aliphatic rings. The first-order valence-corrected chi connectivity index (χ1v) is 5.01. The van der Waals surface area contributed by atoms with Crippen LogP contribution in [0.4, 0.5) is 5.69 Å². The zero-order valence-electron chi connectivity index (χ0n) is 9.27. The molecule has 0 fully saturated rings. The molecular weight excluding hydrogens is 202 g/mol. The number of hydrogen-bond acceptors (Lipinski definition) is 3. The number of hydrogen-bond donors (Lipinski definition) is 1. The van der Waals surface area contributed by atoms with Crippen LogP contribution < -0.4 is 5.73 Å². The molecule has 0 saturated carbocycles. The Hall–Kier alpha value is -2.10. The van der Waals surface area contributed by atoms with E-state index in [2.05, 4.69) is 5.10 Å². The van der Waals surface area contributed by atoms with Crippen molar-refractivity contribution in [1.29, 1.82) is 0 Å². The molecule has 0 amide bonds. The Bertz CT molecular complexity index is 526. The van der Waals surface area contributed by atoms with Crippen LogP contribution in [0.3, 0.4) is 0 Å². The quantitative estimate of drug-likeness (QED) is 0.615. The van der Waals surface area contributed by atoms with Gasteiger partial charge in [0.25, 0.3) is 0 Å². The maximum atomic E-state index is 11.4. The van der Waals surface area contributed by atoms with Crippen LogP contribution in [0.2, 0.25) is 0 Å². The van der Waals surface area contributed by atoms with Crippen LogP contribution in [-0.4, -0.2) is 15.6 Å². The van der Waals surface area contributed by atoms with E-state index in [4.69, 9.17) is 5.73 Å². The third-order valence-corrected chi connectivity index (χ3v) is 2.33. The number of carbonyl (C=O) groups excluding carboxylic acids is 1. The van der Waals surface area contributed by atoms with Crippen LogP contribution in [-0.2, 0) is 0 Å². The molecule has 2 N–H and O–H groups in total. The van der Waals surface area contributed by atoms with Crippen LogP contribution in [0.25, 0.3) is 5.69 Å². The highest BCUT2D eigenvalue weighted by atomic mass is 16.1. The van der Waals surface area contributed by atoms with Crippen molar-refractivity contribution in [2.45, 2.75) is 13.8 Å². The van der Waals surface area contributed by atoms with E-state index in [1.807, 2.05) is 19.1 Å². The Morgan fingerprint density at radius 2 is 1.94 bits per heavy atom. The van der Waals surface area contributed by atoms with Gasteiger partial charge in [-0.05, 0) is 37.3 Å². The number of ketones is 1. The van der Waals surface area contributed by atoms with Crippen molar-refractivity contribution in [2.24, 2.45) is 0 Å². The van der Waals surface area contributed by atoms with Crippen molar-refractivity contribution < 1.29 is 4.79 Å². The summed E-state index contributed by atoms with van der Waals surface area (Å²) in [6.07, 6.45) is 0. The average molecular weight is 215 g/mol. The van der Waals surface area contributed by atoms with Gasteiger partial charge in [0.1, 0.15) is 5.69 Å². The second-order valence-corrected chi connectivity index (χ2v) is 3.73. The third kappa shape index (κ3) is 1.82. The normalized spacial score (nSPS) is 10.4. The van der Waals surface area contributed by atoms with Gasteiger partial charge in [-0.25, -0.2) is 4.68 Å². The average Bonchev–Trinajstić information content (AvgIpc) is 2.61. The predicted molar refractivity (Wildman–Crippen MR) is 62.7 cm³/mol. The molecule has 1 heterocycles. The van der Waals surface area contributed by atoms with Crippen LogP contribution in [0, 0.1) is 6.92 Å². The van der Waals surface area contributed by atoms with Gasteiger partial charge in [0.2, 0.25) is 0 Å². The zero-order chi connectivity index (χ0) is 11.7. The fraction of sp³-hybridized carbons (Fsp3) is 0.167. The summed E-state index contributed by atoms with van der Waals surface area (Å²) in [6.45, 7) is 3.39. The highest BCUT2D eigenvalue weighted by molar-refractivity contribution is 5.93. The summed E-state index contributed by atoms with van der Waals surface area (Å²) < 4.78 is 1.64. The Labute approximate surface area is 93.7 Å². The number of carbonyl (C=O) groups is 1. The second kappa shape index (κ2) is 3.81. The Kier molecular flexibility index (Phi) is 2.48. The Balaban J connectivity index is 2.55. The van der Waals surface area contributed by atoms with Crippen molar-refractivity contribution in [3.05, 3.63) is 41.7 Å². The third-order valence-electron chi connectivity index (χ3n) is 2.33. The second-order valence-electron chi connectivity index (χ2n) is 3.73. The number of benzene rings is 1. The number of nitrogens with two attached hydrogens (primary N) is 1. The van der Waals surface area contributed by atoms with Gasteiger partial charge in [-0.3, -0.25) is 4.79 Å². The van der Waals surface area contributed by atoms with Crippen molar-refractivity contribution in [1.82, 2.24) is 9.78 Å². The van der Waals surface area contributed by atoms with E-state index in [0.29, 0.717) is 11.4 Å². The van der Waals surface area contributed by atoms with E-state index < -0.39 is 0 Å². The van der Waals surface area contributed by atoms with Crippen molar-refractivity contribution in [3.63, 3.8) is 0 Å². The van der Waals surface area contributed by atoms with Gasteiger partial charge in [0.05, 0.1) is 11.4 Å². The van der Waals surface area contributed by atoms with Gasteiger partial charge < -0.3 is 5.73 Å². The van der Waals surface area contributed by atoms with Crippen molar-refractivity contribution in [2.75, 3.05) is 5.73 Å².